The van der Waals surface area contributed by atoms with E-state index in [1.54, 1.807) is 5.48 Å². The molecule has 0 aliphatic rings. The molecule has 0 fully saturated rings. The molecule has 3 N–H and O–H groups in total. The molecule has 16 heavy (non-hydrogen) atoms. The fraction of sp³-hybridized carbons (Fsp3) is 0.222. The second kappa shape index (κ2) is 4.84. The van der Waals surface area contributed by atoms with Crippen LogP contribution in [0.4, 0.5) is 18.9 Å². The van der Waals surface area contributed by atoms with E-state index < -0.39 is 18.7 Å². The zero-order valence-electron chi connectivity index (χ0n) is 8.04. The van der Waals surface area contributed by atoms with E-state index in [0.29, 0.717) is 5.69 Å². The predicted molar refractivity (Wildman–Crippen MR) is 50.3 cm³/mol. The van der Waals surface area contributed by atoms with Crippen molar-refractivity contribution < 1.29 is 22.8 Å². The standard InChI is InChI=1S/C9H9F3N2O2/c10-9(11,12)5-16-14-8(15)6-1-3-7(13)4-2-6/h1-4H,5,13H2,(H,14,15). The maximum atomic E-state index is 11.7. The highest BCUT2D eigenvalue weighted by Gasteiger charge is 2.28. The van der Waals surface area contributed by atoms with Crippen LogP contribution >= 0.6 is 0 Å². The van der Waals surface area contributed by atoms with Gasteiger partial charge in [0.1, 0.15) is 0 Å². The number of hydrogen-bond donors (Lipinski definition) is 2. The average Bonchev–Trinajstić information content (AvgIpc) is 2.16. The van der Waals surface area contributed by atoms with Gasteiger partial charge in [0.05, 0.1) is 0 Å². The van der Waals surface area contributed by atoms with E-state index in [9.17, 15) is 18.0 Å². The molecule has 0 aromatic heterocycles. The molecule has 0 spiro atoms. The van der Waals surface area contributed by atoms with Gasteiger partial charge >= 0.3 is 6.18 Å². The molecule has 0 saturated heterocycles. The first-order chi connectivity index (χ1) is 7.38. The van der Waals surface area contributed by atoms with Gasteiger partial charge in [-0.15, -0.1) is 0 Å². The van der Waals surface area contributed by atoms with Crippen LogP contribution in [-0.4, -0.2) is 18.7 Å². The maximum absolute atomic E-state index is 11.7. The van der Waals surface area contributed by atoms with Crippen molar-refractivity contribution in [2.75, 3.05) is 12.3 Å². The first-order valence-electron chi connectivity index (χ1n) is 4.23. The summed E-state index contributed by atoms with van der Waals surface area (Å²) in [6, 6.07) is 5.67. The fourth-order valence-corrected chi connectivity index (χ4v) is 0.877. The molecule has 0 aliphatic heterocycles. The molecule has 0 unspecified atom stereocenters. The van der Waals surface area contributed by atoms with Crippen LogP contribution in [0.1, 0.15) is 10.4 Å². The number of halogens is 3. The van der Waals surface area contributed by atoms with Gasteiger partial charge in [-0.1, -0.05) is 0 Å². The molecule has 0 saturated carbocycles. The minimum Gasteiger partial charge on any atom is -0.399 e. The van der Waals surface area contributed by atoms with E-state index in [4.69, 9.17) is 5.73 Å². The Morgan fingerprint density at radius 1 is 1.31 bits per heavy atom. The summed E-state index contributed by atoms with van der Waals surface area (Å²) < 4.78 is 35.0. The van der Waals surface area contributed by atoms with Crippen LogP contribution in [0, 0.1) is 0 Å². The summed E-state index contributed by atoms with van der Waals surface area (Å²) in [6.45, 7) is -1.53. The number of amides is 1. The van der Waals surface area contributed by atoms with Gasteiger partial charge < -0.3 is 5.73 Å². The molecule has 88 valence electrons. The largest absolute Gasteiger partial charge is 0.414 e. The number of benzene rings is 1. The highest BCUT2D eigenvalue weighted by Crippen LogP contribution is 2.13. The van der Waals surface area contributed by atoms with Crippen LogP contribution in [0.15, 0.2) is 24.3 Å². The second-order valence-electron chi connectivity index (χ2n) is 2.96. The maximum Gasteiger partial charge on any atom is 0.414 e. The lowest BCUT2D eigenvalue weighted by Gasteiger charge is -2.08. The van der Waals surface area contributed by atoms with Crippen LogP contribution in [0.2, 0.25) is 0 Å². The molecule has 4 nitrogen and oxygen atoms in total. The van der Waals surface area contributed by atoms with E-state index in [-0.39, 0.29) is 5.56 Å². The Hall–Kier alpha value is -1.76. The average molecular weight is 234 g/mol. The number of hydrogen-bond acceptors (Lipinski definition) is 3. The number of nitrogen functional groups attached to an aromatic ring is 1. The number of anilines is 1. The van der Waals surface area contributed by atoms with Crippen LogP contribution in [0.5, 0.6) is 0 Å². The van der Waals surface area contributed by atoms with Crippen molar-refractivity contribution in [2.24, 2.45) is 0 Å². The molecule has 1 amide bonds. The summed E-state index contributed by atoms with van der Waals surface area (Å²) in [4.78, 5) is 15.2. The molecule has 1 aromatic rings. The molecular formula is C9H9F3N2O2. The Morgan fingerprint density at radius 3 is 2.38 bits per heavy atom. The van der Waals surface area contributed by atoms with Gasteiger partial charge in [0, 0.05) is 11.3 Å². The minimum atomic E-state index is -4.48. The van der Waals surface area contributed by atoms with Gasteiger partial charge in [-0.3, -0.25) is 9.63 Å². The first kappa shape index (κ1) is 12.3. The van der Waals surface area contributed by atoms with Crippen LogP contribution in [0.3, 0.4) is 0 Å². The van der Waals surface area contributed by atoms with Crippen LogP contribution in [0.25, 0.3) is 0 Å². The van der Waals surface area contributed by atoms with Crippen molar-refractivity contribution in [2.45, 2.75) is 6.18 Å². The van der Waals surface area contributed by atoms with Gasteiger partial charge in [0.25, 0.3) is 5.91 Å². The first-order valence-corrected chi connectivity index (χ1v) is 4.23. The molecule has 7 heteroatoms. The van der Waals surface area contributed by atoms with Crippen molar-refractivity contribution in [3.63, 3.8) is 0 Å². The number of nitrogens with one attached hydrogen (secondary N) is 1. The summed E-state index contributed by atoms with van der Waals surface area (Å²) in [5.74, 6) is -0.760. The van der Waals surface area contributed by atoms with Gasteiger partial charge in [-0.25, -0.2) is 5.48 Å². The van der Waals surface area contributed by atoms with E-state index in [1.807, 2.05) is 0 Å². The van der Waals surface area contributed by atoms with Crippen molar-refractivity contribution in [3.8, 4) is 0 Å². The van der Waals surface area contributed by atoms with E-state index >= 15 is 0 Å². The smallest absolute Gasteiger partial charge is 0.399 e. The lowest BCUT2D eigenvalue weighted by Crippen LogP contribution is -2.29. The number of carbonyl (C=O) groups is 1. The Morgan fingerprint density at radius 2 is 1.88 bits per heavy atom. The van der Waals surface area contributed by atoms with E-state index in [1.165, 1.54) is 24.3 Å². The van der Waals surface area contributed by atoms with Crippen molar-refractivity contribution in [1.82, 2.24) is 5.48 Å². The topological polar surface area (TPSA) is 64.4 Å². The number of nitrogens with two attached hydrogens (primary N) is 1. The van der Waals surface area contributed by atoms with Crippen molar-refractivity contribution in [3.05, 3.63) is 29.8 Å². The fourth-order valence-electron chi connectivity index (χ4n) is 0.877. The number of carbonyl (C=O) groups excluding carboxylic acids is 1. The van der Waals surface area contributed by atoms with Gasteiger partial charge in [-0.05, 0) is 24.3 Å². The zero-order chi connectivity index (χ0) is 12.2. The molecular weight excluding hydrogens is 225 g/mol. The van der Waals surface area contributed by atoms with Gasteiger partial charge in [0.15, 0.2) is 6.61 Å². The van der Waals surface area contributed by atoms with E-state index in [2.05, 4.69) is 4.84 Å². The minimum absolute atomic E-state index is 0.163. The van der Waals surface area contributed by atoms with Crippen LogP contribution in [-0.2, 0) is 4.84 Å². The summed E-state index contributed by atoms with van der Waals surface area (Å²) in [7, 11) is 0. The lowest BCUT2D eigenvalue weighted by atomic mass is 10.2. The van der Waals surface area contributed by atoms with Gasteiger partial charge in [-0.2, -0.15) is 13.2 Å². The Labute approximate surface area is 89.1 Å². The SMILES string of the molecule is Nc1ccc(C(=O)NOCC(F)(F)F)cc1. The Bertz CT molecular complexity index is 362. The quantitative estimate of drug-likeness (QED) is 0.615. The molecule has 0 radical (unpaired) electrons. The third kappa shape index (κ3) is 4.18. The third-order valence-corrected chi connectivity index (χ3v) is 1.57. The number of hydroxylamine groups is 1. The molecule has 0 heterocycles. The van der Waals surface area contributed by atoms with Crippen molar-refractivity contribution in [1.29, 1.82) is 0 Å². The number of alkyl halides is 3. The van der Waals surface area contributed by atoms with Crippen LogP contribution < -0.4 is 11.2 Å². The monoisotopic (exact) mass is 234 g/mol. The molecule has 0 bridgehead atoms. The Kier molecular flexibility index (Phi) is 3.73. The predicted octanol–water partition coefficient (Wildman–Crippen LogP) is 1.49. The lowest BCUT2D eigenvalue weighted by molar-refractivity contribution is -0.184. The molecule has 0 atom stereocenters. The van der Waals surface area contributed by atoms with Crippen molar-refractivity contribution >= 4 is 11.6 Å². The summed E-state index contributed by atoms with van der Waals surface area (Å²) in [5.41, 5.74) is 7.66. The second-order valence-corrected chi connectivity index (χ2v) is 2.96. The molecule has 0 aliphatic carbocycles. The van der Waals surface area contributed by atoms with Gasteiger partial charge in [0.2, 0.25) is 0 Å². The third-order valence-electron chi connectivity index (χ3n) is 1.57. The Balaban J connectivity index is 2.44. The summed E-state index contributed by atoms with van der Waals surface area (Å²) in [5, 5.41) is 0. The summed E-state index contributed by atoms with van der Waals surface area (Å²) in [6.07, 6.45) is -4.48. The summed E-state index contributed by atoms with van der Waals surface area (Å²) >= 11 is 0. The normalized spacial score (nSPS) is 11.2. The zero-order valence-corrected chi connectivity index (χ0v) is 8.04. The number of rotatable bonds is 3. The highest BCUT2D eigenvalue weighted by atomic mass is 19.4. The highest BCUT2D eigenvalue weighted by molar-refractivity contribution is 5.93. The molecule has 1 rings (SSSR count). The van der Waals surface area contributed by atoms with E-state index in [0.717, 1.165) is 0 Å². The molecule has 1 aromatic carbocycles.